The quantitative estimate of drug-likeness (QED) is 0.133. The van der Waals surface area contributed by atoms with Crippen molar-refractivity contribution in [1.82, 2.24) is 9.80 Å². The van der Waals surface area contributed by atoms with Gasteiger partial charge in [0.1, 0.15) is 29.6 Å². The number of amides is 1. The van der Waals surface area contributed by atoms with E-state index in [4.69, 9.17) is 14.2 Å². The number of benzene rings is 4. The zero-order valence-corrected chi connectivity index (χ0v) is 25.2. The molecule has 1 atom stereocenters. The molecular weight excluding hydrogens is 568 g/mol. The molecule has 1 amide bonds. The van der Waals surface area contributed by atoms with Crippen molar-refractivity contribution in [1.29, 1.82) is 0 Å². The smallest absolute Gasteiger partial charge is 0.295 e. The zero-order chi connectivity index (χ0) is 31.2. The van der Waals surface area contributed by atoms with Crippen LogP contribution in [-0.4, -0.2) is 66.0 Å². The van der Waals surface area contributed by atoms with Crippen LogP contribution in [0.3, 0.4) is 0 Å². The number of para-hydroxylation sites is 1. The maximum Gasteiger partial charge on any atom is 0.295 e. The topological polar surface area (TPSA) is 88.5 Å². The van der Waals surface area contributed by atoms with Crippen LogP contribution in [0, 0.1) is 6.92 Å². The van der Waals surface area contributed by atoms with Crippen molar-refractivity contribution < 1.29 is 28.9 Å². The van der Waals surface area contributed by atoms with E-state index in [2.05, 4.69) is 11.0 Å². The van der Waals surface area contributed by atoms with E-state index < -0.39 is 17.7 Å². The first-order valence-electron chi connectivity index (χ1n) is 15.2. The number of aliphatic hydroxyl groups excluding tert-OH is 1. The molecule has 0 bridgehead atoms. The van der Waals surface area contributed by atoms with Gasteiger partial charge in [-0.25, -0.2) is 0 Å². The van der Waals surface area contributed by atoms with Gasteiger partial charge in [0.15, 0.2) is 0 Å². The van der Waals surface area contributed by atoms with Crippen molar-refractivity contribution in [3.63, 3.8) is 0 Å². The van der Waals surface area contributed by atoms with Crippen molar-refractivity contribution in [3.8, 4) is 17.2 Å². The number of morpholine rings is 1. The summed E-state index contributed by atoms with van der Waals surface area (Å²) >= 11 is 0. The summed E-state index contributed by atoms with van der Waals surface area (Å²) < 4.78 is 17.5. The van der Waals surface area contributed by atoms with Crippen molar-refractivity contribution >= 4 is 17.4 Å². The van der Waals surface area contributed by atoms with Gasteiger partial charge in [-0.3, -0.25) is 14.5 Å². The number of hydrogen-bond donors (Lipinski definition) is 1. The standard InChI is InChI=1S/C37H36N2O6/c1-26-7-5-8-27(23-26)25-44-30-15-13-28(14-16-30)35(40)33-34(29-9-6-12-32(24-29)45-31-10-3-2-4-11-31)39(37(42)36(33)41)18-17-38-19-21-43-22-20-38/h2-16,23-24,34,40H,17-22,25H2,1H3. The predicted molar refractivity (Wildman–Crippen MR) is 171 cm³/mol. The van der Waals surface area contributed by atoms with E-state index in [-0.39, 0.29) is 11.3 Å². The molecule has 8 heteroatoms. The van der Waals surface area contributed by atoms with Gasteiger partial charge in [0, 0.05) is 31.7 Å². The van der Waals surface area contributed by atoms with Crippen LogP contribution >= 0.6 is 0 Å². The number of carbonyl (C=O) groups excluding carboxylic acids is 2. The van der Waals surface area contributed by atoms with Crippen LogP contribution in [0.4, 0.5) is 0 Å². The molecule has 2 heterocycles. The molecule has 2 fully saturated rings. The molecule has 0 aromatic heterocycles. The molecule has 45 heavy (non-hydrogen) atoms. The Morgan fingerprint density at radius 3 is 2.31 bits per heavy atom. The Kier molecular flexibility index (Phi) is 9.24. The third-order valence-corrected chi connectivity index (χ3v) is 8.07. The van der Waals surface area contributed by atoms with Crippen molar-refractivity contribution in [2.75, 3.05) is 39.4 Å². The van der Waals surface area contributed by atoms with Crippen LogP contribution < -0.4 is 9.47 Å². The summed E-state index contributed by atoms with van der Waals surface area (Å²) in [5.74, 6) is 0.275. The number of likely N-dealkylation sites (tertiary alicyclic amines) is 1. The first-order valence-corrected chi connectivity index (χ1v) is 15.2. The van der Waals surface area contributed by atoms with Crippen molar-refractivity contribution in [2.24, 2.45) is 0 Å². The number of carbonyl (C=O) groups is 2. The molecule has 4 aromatic rings. The van der Waals surface area contributed by atoms with E-state index in [1.165, 1.54) is 0 Å². The number of hydrogen-bond acceptors (Lipinski definition) is 7. The van der Waals surface area contributed by atoms with Crippen LogP contribution in [0.2, 0.25) is 0 Å². The number of ether oxygens (including phenoxy) is 3. The van der Waals surface area contributed by atoms with Gasteiger partial charge in [-0.1, -0.05) is 60.2 Å². The molecule has 2 aliphatic heterocycles. The first kappa shape index (κ1) is 30.1. The SMILES string of the molecule is Cc1cccc(COc2ccc(C(O)=C3C(=O)C(=O)N(CCN4CCOCC4)C3c3cccc(Oc4ccccc4)c3)cc2)c1. The average Bonchev–Trinajstić information content (AvgIpc) is 3.32. The molecule has 8 nitrogen and oxygen atoms in total. The molecule has 6 rings (SSSR count). The monoisotopic (exact) mass is 604 g/mol. The summed E-state index contributed by atoms with van der Waals surface area (Å²) in [7, 11) is 0. The van der Waals surface area contributed by atoms with Gasteiger partial charge in [-0.15, -0.1) is 0 Å². The number of ketones is 1. The molecule has 1 unspecified atom stereocenters. The lowest BCUT2D eigenvalue weighted by Crippen LogP contribution is -2.42. The van der Waals surface area contributed by atoms with Gasteiger partial charge < -0.3 is 24.2 Å². The molecule has 0 saturated carbocycles. The second kappa shape index (κ2) is 13.8. The number of aliphatic hydroxyl groups is 1. The minimum Gasteiger partial charge on any atom is -0.507 e. The molecule has 2 saturated heterocycles. The highest BCUT2D eigenvalue weighted by Crippen LogP contribution is 2.40. The van der Waals surface area contributed by atoms with Gasteiger partial charge in [0.05, 0.1) is 24.8 Å². The van der Waals surface area contributed by atoms with Gasteiger partial charge in [-0.2, -0.15) is 0 Å². The van der Waals surface area contributed by atoms with E-state index in [1.54, 1.807) is 29.2 Å². The number of Topliss-reactive ketones (excluding diaryl/α,β-unsaturated/α-hetero) is 1. The molecule has 4 aromatic carbocycles. The van der Waals surface area contributed by atoms with E-state index in [9.17, 15) is 14.7 Å². The fourth-order valence-electron chi connectivity index (χ4n) is 5.74. The van der Waals surface area contributed by atoms with Gasteiger partial charge >= 0.3 is 0 Å². The molecule has 0 aliphatic carbocycles. The Morgan fingerprint density at radius 1 is 0.822 bits per heavy atom. The van der Waals surface area contributed by atoms with E-state index >= 15 is 0 Å². The first-order chi connectivity index (χ1) is 22.0. The highest BCUT2D eigenvalue weighted by Gasteiger charge is 2.46. The lowest BCUT2D eigenvalue weighted by molar-refractivity contribution is -0.140. The average molecular weight is 605 g/mol. The summed E-state index contributed by atoms with van der Waals surface area (Å²) in [6.07, 6.45) is 0. The number of aryl methyl sites for hydroxylation is 1. The molecular formula is C37H36N2O6. The number of nitrogens with zero attached hydrogens (tertiary/aromatic N) is 2. The Morgan fingerprint density at radius 2 is 1.56 bits per heavy atom. The molecule has 1 N–H and O–H groups in total. The molecule has 2 aliphatic rings. The second-order valence-corrected chi connectivity index (χ2v) is 11.2. The highest BCUT2D eigenvalue weighted by molar-refractivity contribution is 6.46. The van der Waals surface area contributed by atoms with E-state index in [1.807, 2.05) is 79.7 Å². The minimum atomic E-state index is -0.789. The Labute approximate surface area is 263 Å². The van der Waals surface area contributed by atoms with Gasteiger partial charge in [0.2, 0.25) is 0 Å². The lowest BCUT2D eigenvalue weighted by atomic mass is 9.95. The largest absolute Gasteiger partial charge is 0.507 e. The Bertz CT molecular complexity index is 1680. The molecule has 0 spiro atoms. The Hall–Kier alpha value is -4.92. The maximum absolute atomic E-state index is 13.6. The van der Waals surface area contributed by atoms with E-state index in [0.29, 0.717) is 61.3 Å². The zero-order valence-electron chi connectivity index (χ0n) is 25.2. The molecule has 0 radical (unpaired) electrons. The van der Waals surface area contributed by atoms with Crippen LogP contribution in [0.25, 0.3) is 5.76 Å². The summed E-state index contributed by atoms with van der Waals surface area (Å²) in [6, 6.07) is 30.9. The second-order valence-electron chi connectivity index (χ2n) is 11.2. The predicted octanol–water partition coefficient (Wildman–Crippen LogP) is 6.12. The van der Waals surface area contributed by atoms with Crippen LogP contribution in [0.5, 0.6) is 17.2 Å². The summed E-state index contributed by atoms with van der Waals surface area (Å²) in [5, 5.41) is 11.6. The fourth-order valence-corrected chi connectivity index (χ4v) is 5.74. The summed E-state index contributed by atoms with van der Waals surface area (Å²) in [4.78, 5) is 30.9. The maximum atomic E-state index is 13.6. The summed E-state index contributed by atoms with van der Waals surface area (Å²) in [6.45, 7) is 6.12. The third kappa shape index (κ3) is 7.09. The van der Waals surface area contributed by atoms with Crippen LogP contribution in [0.1, 0.15) is 28.3 Å². The normalized spacial score (nSPS) is 18.2. The van der Waals surface area contributed by atoms with Crippen LogP contribution in [0.15, 0.2) is 109 Å². The van der Waals surface area contributed by atoms with Crippen LogP contribution in [-0.2, 0) is 20.9 Å². The summed E-state index contributed by atoms with van der Waals surface area (Å²) in [5.41, 5.74) is 3.35. The van der Waals surface area contributed by atoms with Gasteiger partial charge in [-0.05, 0) is 66.6 Å². The number of rotatable bonds is 10. The fraction of sp³-hybridized carbons (Fsp3) is 0.243. The third-order valence-electron chi connectivity index (χ3n) is 8.07. The molecule has 230 valence electrons. The van der Waals surface area contributed by atoms with Crippen molar-refractivity contribution in [3.05, 3.63) is 131 Å². The highest BCUT2D eigenvalue weighted by atomic mass is 16.5. The lowest BCUT2D eigenvalue weighted by Gasteiger charge is -2.31. The van der Waals surface area contributed by atoms with Gasteiger partial charge in [0.25, 0.3) is 11.7 Å². The minimum absolute atomic E-state index is 0.0484. The van der Waals surface area contributed by atoms with E-state index in [0.717, 1.165) is 24.2 Å². The van der Waals surface area contributed by atoms with Crippen molar-refractivity contribution in [2.45, 2.75) is 19.6 Å². The Balaban J connectivity index is 1.30.